The molecule has 0 amide bonds. The highest BCUT2D eigenvalue weighted by Crippen LogP contribution is 2.33. The number of benzene rings is 2. The van der Waals surface area contributed by atoms with Crippen LogP contribution in [0.4, 0.5) is 0 Å². The third-order valence-corrected chi connectivity index (χ3v) is 6.70. The minimum absolute atomic E-state index is 0.129. The molecule has 0 bridgehead atoms. The number of fused-ring (bicyclic) bond motifs is 1. The molecule has 0 radical (unpaired) electrons. The van der Waals surface area contributed by atoms with Crippen molar-refractivity contribution in [1.29, 1.82) is 0 Å². The van der Waals surface area contributed by atoms with Crippen LogP contribution in [0, 0.1) is 0 Å². The molecule has 0 saturated heterocycles. The zero-order valence-electron chi connectivity index (χ0n) is 21.0. The fourth-order valence-electron chi connectivity index (χ4n) is 4.57. The van der Waals surface area contributed by atoms with Crippen molar-refractivity contribution in [3.63, 3.8) is 0 Å². The Morgan fingerprint density at radius 2 is 1.61 bits per heavy atom. The Bertz CT molecular complexity index is 1150. The minimum atomic E-state index is -0.441. The van der Waals surface area contributed by atoms with Crippen molar-refractivity contribution >= 4 is 11.0 Å². The summed E-state index contributed by atoms with van der Waals surface area (Å²) in [7, 11) is 1.55. The molecular formula is C29H38O7. The van der Waals surface area contributed by atoms with Crippen molar-refractivity contribution in [3.05, 3.63) is 64.0 Å². The van der Waals surface area contributed by atoms with Crippen molar-refractivity contribution in [1.82, 2.24) is 0 Å². The Morgan fingerprint density at radius 3 is 2.33 bits per heavy atom. The van der Waals surface area contributed by atoms with Crippen LogP contribution in [-0.2, 0) is 6.42 Å². The second-order valence-electron chi connectivity index (χ2n) is 9.45. The number of unbranched alkanes of at least 4 members (excludes halogenated alkanes) is 5. The average molecular weight is 499 g/mol. The van der Waals surface area contributed by atoms with E-state index in [1.165, 1.54) is 18.2 Å². The lowest BCUT2D eigenvalue weighted by Gasteiger charge is -2.20. The lowest BCUT2D eigenvalue weighted by molar-refractivity contribution is 0.145. The van der Waals surface area contributed by atoms with Gasteiger partial charge in [-0.15, -0.1) is 0 Å². The molecule has 0 aliphatic carbocycles. The van der Waals surface area contributed by atoms with Gasteiger partial charge in [0.15, 0.2) is 16.9 Å². The van der Waals surface area contributed by atoms with E-state index in [1.54, 1.807) is 31.4 Å². The van der Waals surface area contributed by atoms with Gasteiger partial charge in [0.05, 0.1) is 18.6 Å². The molecule has 2 unspecified atom stereocenters. The van der Waals surface area contributed by atoms with Gasteiger partial charge in [-0.05, 0) is 61.4 Å². The first-order chi connectivity index (χ1) is 17.4. The van der Waals surface area contributed by atoms with E-state index in [0.717, 1.165) is 50.5 Å². The fourth-order valence-corrected chi connectivity index (χ4v) is 4.57. The fraction of sp³-hybridized carbons (Fsp3) is 0.483. The van der Waals surface area contributed by atoms with Gasteiger partial charge in [-0.1, -0.05) is 38.2 Å². The van der Waals surface area contributed by atoms with Crippen LogP contribution in [-0.4, -0.2) is 40.2 Å². The summed E-state index contributed by atoms with van der Waals surface area (Å²) in [5.41, 5.74) is 1.11. The van der Waals surface area contributed by atoms with Crippen molar-refractivity contribution in [2.45, 2.75) is 76.2 Å². The second kappa shape index (κ2) is 13.9. The van der Waals surface area contributed by atoms with Crippen molar-refractivity contribution in [2.24, 2.45) is 0 Å². The lowest BCUT2D eigenvalue weighted by atomic mass is 9.88. The Kier molecular flexibility index (Phi) is 10.6. The van der Waals surface area contributed by atoms with E-state index in [-0.39, 0.29) is 29.5 Å². The number of rotatable bonds is 15. The monoisotopic (exact) mass is 498 g/mol. The van der Waals surface area contributed by atoms with Crippen LogP contribution in [0.25, 0.3) is 11.0 Å². The predicted molar refractivity (Wildman–Crippen MR) is 140 cm³/mol. The van der Waals surface area contributed by atoms with E-state index in [2.05, 4.69) is 0 Å². The number of aliphatic hydroxyl groups excluding tert-OH is 2. The van der Waals surface area contributed by atoms with Crippen molar-refractivity contribution in [2.75, 3.05) is 13.7 Å². The maximum absolute atomic E-state index is 12.7. The van der Waals surface area contributed by atoms with Crippen molar-refractivity contribution < 1.29 is 29.6 Å². The van der Waals surface area contributed by atoms with Crippen LogP contribution in [0.3, 0.4) is 0 Å². The normalized spacial score (nSPS) is 13.1. The SMILES string of the molecule is COc1ccc2c(=O)cc(CC(CCC(O)CCCCCCCCO)c3ccc(O)c(O)c3)oc2c1. The summed E-state index contributed by atoms with van der Waals surface area (Å²) in [6, 6.07) is 11.3. The first-order valence-electron chi connectivity index (χ1n) is 12.8. The number of ether oxygens (including phenoxy) is 1. The number of aliphatic hydroxyl groups is 2. The second-order valence-corrected chi connectivity index (χ2v) is 9.45. The molecule has 0 fully saturated rings. The molecule has 2 aromatic carbocycles. The summed E-state index contributed by atoms with van der Waals surface area (Å²) in [5.74, 6) is 0.579. The smallest absolute Gasteiger partial charge is 0.192 e. The number of methoxy groups -OCH3 is 1. The van der Waals surface area contributed by atoms with Gasteiger partial charge < -0.3 is 29.6 Å². The molecule has 0 aliphatic heterocycles. The Balaban J connectivity index is 1.68. The molecule has 3 aromatic rings. The van der Waals surface area contributed by atoms with Gasteiger partial charge in [0.2, 0.25) is 0 Å². The van der Waals surface area contributed by atoms with Crippen LogP contribution in [0.15, 0.2) is 51.7 Å². The van der Waals surface area contributed by atoms with E-state index < -0.39 is 6.10 Å². The topological polar surface area (TPSA) is 120 Å². The molecule has 0 saturated carbocycles. The molecule has 36 heavy (non-hydrogen) atoms. The third kappa shape index (κ3) is 8.00. The molecule has 7 heteroatoms. The highest BCUT2D eigenvalue weighted by atomic mass is 16.5. The summed E-state index contributed by atoms with van der Waals surface area (Å²) < 4.78 is 11.3. The molecule has 1 aromatic heterocycles. The highest BCUT2D eigenvalue weighted by molar-refractivity contribution is 5.78. The molecule has 196 valence electrons. The minimum Gasteiger partial charge on any atom is -0.504 e. The first kappa shape index (κ1) is 27.6. The van der Waals surface area contributed by atoms with Crippen LogP contribution < -0.4 is 10.2 Å². The maximum Gasteiger partial charge on any atom is 0.192 e. The number of hydrogen-bond acceptors (Lipinski definition) is 7. The van der Waals surface area contributed by atoms with Crippen LogP contribution in [0.5, 0.6) is 17.2 Å². The molecule has 0 aliphatic rings. The molecule has 0 spiro atoms. The standard InChI is InChI=1S/C29H38O7/c1-35-23-12-13-25-27(33)18-24(36-29(25)19-23)16-20(21-10-14-26(32)28(34)17-21)9-11-22(31)8-6-4-2-3-5-7-15-30/h10,12-14,17-20,22,30-32,34H,2-9,11,15-16H2,1H3. The number of aromatic hydroxyl groups is 2. The summed E-state index contributed by atoms with van der Waals surface area (Å²) in [4.78, 5) is 12.7. The number of phenolic OH excluding ortho intramolecular Hbond substituents is 2. The van der Waals surface area contributed by atoms with Gasteiger partial charge in [0, 0.05) is 25.2 Å². The highest BCUT2D eigenvalue weighted by Gasteiger charge is 2.19. The third-order valence-electron chi connectivity index (χ3n) is 6.70. The zero-order valence-corrected chi connectivity index (χ0v) is 21.0. The molecular weight excluding hydrogens is 460 g/mol. The van der Waals surface area contributed by atoms with E-state index in [9.17, 15) is 20.1 Å². The zero-order chi connectivity index (χ0) is 25.9. The molecule has 3 rings (SSSR count). The predicted octanol–water partition coefficient (Wildman–Crippen LogP) is 5.40. The van der Waals surface area contributed by atoms with Crippen LogP contribution >= 0.6 is 0 Å². The van der Waals surface area contributed by atoms with Gasteiger partial charge in [0.25, 0.3) is 0 Å². The Hall–Kier alpha value is -3.03. The number of phenols is 2. The maximum atomic E-state index is 12.7. The Labute approximate surface area is 212 Å². The largest absolute Gasteiger partial charge is 0.504 e. The van der Waals surface area contributed by atoms with Gasteiger partial charge in [-0.2, -0.15) is 0 Å². The molecule has 1 heterocycles. The van der Waals surface area contributed by atoms with Gasteiger partial charge in [0.1, 0.15) is 17.1 Å². The van der Waals surface area contributed by atoms with E-state index in [1.807, 2.05) is 0 Å². The van der Waals surface area contributed by atoms with Gasteiger partial charge in [-0.3, -0.25) is 4.79 Å². The van der Waals surface area contributed by atoms with Crippen LogP contribution in [0.1, 0.15) is 75.0 Å². The lowest BCUT2D eigenvalue weighted by Crippen LogP contribution is -2.12. The van der Waals surface area contributed by atoms with Crippen molar-refractivity contribution in [3.8, 4) is 17.2 Å². The van der Waals surface area contributed by atoms with E-state index in [0.29, 0.717) is 41.7 Å². The molecule has 4 N–H and O–H groups in total. The summed E-state index contributed by atoms with van der Waals surface area (Å²) in [6.07, 6.45) is 7.99. The summed E-state index contributed by atoms with van der Waals surface area (Å²) >= 11 is 0. The Morgan fingerprint density at radius 1 is 0.861 bits per heavy atom. The van der Waals surface area contributed by atoms with Crippen LogP contribution in [0.2, 0.25) is 0 Å². The molecule has 2 atom stereocenters. The summed E-state index contributed by atoms with van der Waals surface area (Å²) in [5, 5.41) is 39.7. The quantitative estimate of drug-likeness (QED) is 0.163. The van der Waals surface area contributed by atoms with E-state index >= 15 is 0 Å². The number of hydrogen-bond donors (Lipinski definition) is 4. The van der Waals surface area contributed by atoms with E-state index in [4.69, 9.17) is 14.3 Å². The first-order valence-corrected chi connectivity index (χ1v) is 12.8. The van der Waals surface area contributed by atoms with Gasteiger partial charge in [-0.25, -0.2) is 0 Å². The average Bonchev–Trinajstić information content (AvgIpc) is 2.87. The molecule has 7 nitrogen and oxygen atoms in total. The van der Waals surface area contributed by atoms with Gasteiger partial charge >= 0.3 is 0 Å². The summed E-state index contributed by atoms with van der Waals surface area (Å²) in [6.45, 7) is 0.246.